The Morgan fingerprint density at radius 3 is 2.63 bits per heavy atom. The molecule has 2 aliphatic rings. The van der Waals surface area contributed by atoms with E-state index in [2.05, 4.69) is 12.2 Å². The summed E-state index contributed by atoms with van der Waals surface area (Å²) in [4.78, 5) is 13.6. The highest BCUT2D eigenvalue weighted by atomic mass is 16.5. The third-order valence-corrected chi connectivity index (χ3v) is 5.09. The number of amides is 1. The van der Waals surface area contributed by atoms with Gasteiger partial charge in [-0.25, -0.2) is 0 Å². The summed E-state index contributed by atoms with van der Waals surface area (Å²) in [5.74, 6) is 0.190. The molecule has 4 heteroatoms. The summed E-state index contributed by atoms with van der Waals surface area (Å²) in [7, 11) is 1.86. The molecule has 1 spiro atoms. The largest absolute Gasteiger partial charge is 0.378 e. The van der Waals surface area contributed by atoms with Crippen LogP contribution in [0.2, 0.25) is 0 Å². The average molecular weight is 268 g/mol. The lowest BCUT2D eigenvalue weighted by Gasteiger charge is -2.54. The summed E-state index contributed by atoms with van der Waals surface area (Å²) < 4.78 is 5.89. The Kier molecular flexibility index (Phi) is 4.85. The topological polar surface area (TPSA) is 41.6 Å². The molecule has 2 saturated carbocycles. The molecule has 0 aromatic carbocycles. The minimum atomic E-state index is 0.190. The number of carbonyl (C=O) groups excluding carboxylic acids is 1. The van der Waals surface area contributed by atoms with Gasteiger partial charge in [0.25, 0.3) is 0 Å². The molecule has 19 heavy (non-hydrogen) atoms. The van der Waals surface area contributed by atoms with Gasteiger partial charge in [-0.3, -0.25) is 4.79 Å². The molecule has 0 aromatic heterocycles. The van der Waals surface area contributed by atoms with Crippen LogP contribution in [0.5, 0.6) is 0 Å². The van der Waals surface area contributed by atoms with Gasteiger partial charge in [0.1, 0.15) is 0 Å². The summed E-state index contributed by atoms with van der Waals surface area (Å²) in [5, 5.41) is 3.48. The molecule has 2 rings (SSSR count). The number of hydrogen-bond acceptors (Lipinski definition) is 3. The van der Waals surface area contributed by atoms with Crippen molar-refractivity contribution in [3.05, 3.63) is 0 Å². The molecule has 2 aliphatic carbocycles. The molecule has 0 aromatic rings. The lowest BCUT2D eigenvalue weighted by molar-refractivity contribution is -0.138. The van der Waals surface area contributed by atoms with Gasteiger partial charge < -0.3 is 15.0 Å². The molecule has 0 aliphatic heterocycles. The third-order valence-electron chi connectivity index (χ3n) is 5.09. The molecule has 2 atom stereocenters. The molecule has 0 bridgehead atoms. The van der Waals surface area contributed by atoms with Crippen molar-refractivity contribution in [1.82, 2.24) is 10.2 Å². The van der Waals surface area contributed by atoms with Gasteiger partial charge in [0, 0.05) is 31.7 Å². The van der Waals surface area contributed by atoms with Crippen LogP contribution in [0.3, 0.4) is 0 Å². The van der Waals surface area contributed by atoms with Crippen LogP contribution < -0.4 is 5.32 Å². The van der Waals surface area contributed by atoms with Crippen molar-refractivity contribution in [2.75, 3.05) is 26.7 Å². The van der Waals surface area contributed by atoms with E-state index in [0.29, 0.717) is 24.1 Å². The summed E-state index contributed by atoms with van der Waals surface area (Å²) in [5.41, 5.74) is 0.321. The van der Waals surface area contributed by atoms with E-state index in [9.17, 15) is 4.79 Å². The lowest BCUT2D eigenvalue weighted by atomic mass is 9.60. The summed E-state index contributed by atoms with van der Waals surface area (Å²) in [6.45, 7) is 6.12. The van der Waals surface area contributed by atoms with Gasteiger partial charge in [0.15, 0.2) is 0 Å². The van der Waals surface area contributed by atoms with Crippen LogP contribution >= 0.6 is 0 Å². The Morgan fingerprint density at radius 1 is 1.37 bits per heavy atom. The summed E-state index contributed by atoms with van der Waals surface area (Å²) in [6.07, 6.45) is 6.61. The molecule has 0 radical (unpaired) electrons. The maximum Gasteiger partial charge on any atom is 0.236 e. The van der Waals surface area contributed by atoms with Crippen LogP contribution in [0, 0.1) is 5.41 Å². The SMILES string of the molecule is CCOC1CC(NCC(=O)N(C)CC)C12CCCC2. The number of nitrogens with zero attached hydrogens (tertiary/aromatic N) is 1. The minimum absolute atomic E-state index is 0.190. The zero-order valence-electron chi connectivity index (χ0n) is 12.6. The predicted molar refractivity (Wildman–Crippen MR) is 76.0 cm³/mol. The van der Waals surface area contributed by atoms with Crippen LogP contribution in [0.4, 0.5) is 0 Å². The molecule has 1 N–H and O–H groups in total. The van der Waals surface area contributed by atoms with E-state index in [-0.39, 0.29) is 5.91 Å². The van der Waals surface area contributed by atoms with Crippen LogP contribution in [0.15, 0.2) is 0 Å². The summed E-state index contributed by atoms with van der Waals surface area (Å²) in [6, 6.07) is 0.473. The second-order valence-electron chi connectivity index (χ2n) is 5.96. The van der Waals surface area contributed by atoms with Crippen molar-refractivity contribution in [3.63, 3.8) is 0 Å². The second-order valence-corrected chi connectivity index (χ2v) is 5.96. The van der Waals surface area contributed by atoms with Crippen LogP contribution in [-0.4, -0.2) is 49.7 Å². The fraction of sp³-hybridized carbons (Fsp3) is 0.933. The van der Waals surface area contributed by atoms with Gasteiger partial charge in [-0.2, -0.15) is 0 Å². The summed E-state index contributed by atoms with van der Waals surface area (Å²) >= 11 is 0. The molecule has 0 saturated heterocycles. The van der Waals surface area contributed by atoms with Gasteiger partial charge in [-0.1, -0.05) is 12.8 Å². The maximum atomic E-state index is 11.9. The van der Waals surface area contributed by atoms with E-state index in [1.165, 1.54) is 25.7 Å². The normalized spacial score (nSPS) is 28.4. The maximum absolute atomic E-state index is 11.9. The molecule has 110 valence electrons. The Labute approximate surface area is 116 Å². The van der Waals surface area contributed by atoms with E-state index in [1.807, 2.05) is 14.0 Å². The zero-order chi connectivity index (χ0) is 13.9. The first-order chi connectivity index (χ1) is 9.14. The highest BCUT2D eigenvalue weighted by Crippen LogP contribution is 2.54. The Morgan fingerprint density at radius 2 is 2.05 bits per heavy atom. The number of hydrogen-bond donors (Lipinski definition) is 1. The van der Waals surface area contributed by atoms with Gasteiger partial charge in [0.2, 0.25) is 5.91 Å². The highest BCUT2D eigenvalue weighted by molar-refractivity contribution is 5.77. The van der Waals surface area contributed by atoms with Crippen LogP contribution in [0.25, 0.3) is 0 Å². The smallest absolute Gasteiger partial charge is 0.236 e. The minimum Gasteiger partial charge on any atom is -0.378 e. The van der Waals surface area contributed by atoms with E-state index in [0.717, 1.165) is 19.6 Å². The quantitative estimate of drug-likeness (QED) is 0.798. The van der Waals surface area contributed by atoms with Crippen molar-refractivity contribution in [2.45, 2.75) is 58.1 Å². The van der Waals surface area contributed by atoms with E-state index < -0.39 is 0 Å². The average Bonchev–Trinajstić information content (AvgIpc) is 2.93. The van der Waals surface area contributed by atoms with Gasteiger partial charge >= 0.3 is 0 Å². The molecule has 1 amide bonds. The first-order valence-electron chi connectivity index (χ1n) is 7.73. The molecule has 2 unspecified atom stereocenters. The standard InChI is InChI=1S/C15H28N2O2/c1-4-17(3)14(18)11-16-12-10-13(19-5-2)15(12)8-6-7-9-15/h12-13,16H,4-11H2,1-3H3. The molecular formula is C15H28N2O2. The fourth-order valence-electron chi connectivity index (χ4n) is 3.69. The monoisotopic (exact) mass is 268 g/mol. The molecular weight excluding hydrogens is 240 g/mol. The number of likely N-dealkylation sites (N-methyl/N-ethyl adjacent to an activating group) is 1. The third kappa shape index (κ3) is 2.79. The van der Waals surface area contributed by atoms with E-state index >= 15 is 0 Å². The van der Waals surface area contributed by atoms with E-state index in [4.69, 9.17) is 4.74 Å². The Hall–Kier alpha value is -0.610. The first kappa shape index (κ1) is 14.8. The lowest BCUT2D eigenvalue weighted by Crippen LogP contribution is -2.63. The van der Waals surface area contributed by atoms with Gasteiger partial charge in [-0.15, -0.1) is 0 Å². The van der Waals surface area contributed by atoms with Crippen molar-refractivity contribution >= 4 is 5.91 Å². The van der Waals surface area contributed by atoms with Crippen LogP contribution in [-0.2, 0) is 9.53 Å². The van der Waals surface area contributed by atoms with Gasteiger partial charge in [-0.05, 0) is 33.1 Å². The number of ether oxygens (including phenoxy) is 1. The zero-order valence-corrected chi connectivity index (χ0v) is 12.6. The molecule has 0 heterocycles. The van der Waals surface area contributed by atoms with Crippen molar-refractivity contribution in [3.8, 4) is 0 Å². The fourth-order valence-corrected chi connectivity index (χ4v) is 3.69. The van der Waals surface area contributed by atoms with Crippen molar-refractivity contribution < 1.29 is 9.53 Å². The molecule has 4 nitrogen and oxygen atoms in total. The highest BCUT2D eigenvalue weighted by Gasteiger charge is 2.56. The predicted octanol–water partition coefficient (Wildman–Crippen LogP) is 1.79. The van der Waals surface area contributed by atoms with Crippen LogP contribution in [0.1, 0.15) is 46.0 Å². The molecule has 2 fully saturated rings. The van der Waals surface area contributed by atoms with Crippen molar-refractivity contribution in [2.24, 2.45) is 5.41 Å². The first-order valence-corrected chi connectivity index (χ1v) is 7.73. The second kappa shape index (κ2) is 6.23. The Bertz CT molecular complexity index is 313. The number of nitrogens with one attached hydrogen (secondary N) is 1. The van der Waals surface area contributed by atoms with Gasteiger partial charge in [0.05, 0.1) is 12.6 Å². The number of carbonyl (C=O) groups is 1. The van der Waals surface area contributed by atoms with Crippen molar-refractivity contribution in [1.29, 1.82) is 0 Å². The Balaban J connectivity index is 1.86. The van der Waals surface area contributed by atoms with E-state index in [1.54, 1.807) is 4.90 Å². The number of rotatable bonds is 6.